The molecular formula is C15H13F2N3O3. The van der Waals surface area contributed by atoms with Gasteiger partial charge < -0.3 is 14.6 Å². The standard InChI is InChI=1S/C15H13F2N3O3/c1-8-6-18-13(22-8)7-19-15(21)12-5-11(20-23-12)14-9(16)3-2-4-10(14)17/h2-4,6,12H,5,7H2,1H3,(H,19,21)/t12-/m1/s1. The monoisotopic (exact) mass is 321 g/mol. The van der Waals surface area contributed by atoms with Crippen molar-refractivity contribution in [1.29, 1.82) is 0 Å². The number of carbonyl (C=O) groups is 1. The van der Waals surface area contributed by atoms with Crippen molar-refractivity contribution in [2.24, 2.45) is 5.16 Å². The Kier molecular flexibility index (Phi) is 4.05. The van der Waals surface area contributed by atoms with Crippen LogP contribution in [0.1, 0.15) is 23.6 Å². The van der Waals surface area contributed by atoms with Crippen LogP contribution in [0.2, 0.25) is 0 Å². The number of halogens is 2. The summed E-state index contributed by atoms with van der Waals surface area (Å²) in [7, 11) is 0. The summed E-state index contributed by atoms with van der Waals surface area (Å²) in [6.07, 6.45) is 0.574. The molecule has 1 amide bonds. The van der Waals surface area contributed by atoms with Crippen LogP contribution >= 0.6 is 0 Å². The van der Waals surface area contributed by atoms with E-state index in [0.29, 0.717) is 11.7 Å². The molecule has 1 aromatic heterocycles. The SMILES string of the molecule is Cc1cnc(CNC(=O)[C@H]2CC(c3c(F)cccc3F)=NO2)o1. The van der Waals surface area contributed by atoms with Crippen molar-refractivity contribution in [3.05, 3.63) is 53.2 Å². The van der Waals surface area contributed by atoms with E-state index in [1.165, 1.54) is 12.3 Å². The van der Waals surface area contributed by atoms with Crippen LogP contribution in [0.15, 0.2) is 34.0 Å². The van der Waals surface area contributed by atoms with Crippen molar-refractivity contribution >= 4 is 11.6 Å². The maximum Gasteiger partial charge on any atom is 0.264 e. The van der Waals surface area contributed by atoms with Gasteiger partial charge in [0, 0.05) is 6.42 Å². The minimum absolute atomic E-state index is 0.0195. The zero-order valence-corrected chi connectivity index (χ0v) is 12.2. The second-order valence-corrected chi connectivity index (χ2v) is 5.02. The van der Waals surface area contributed by atoms with Gasteiger partial charge in [0.2, 0.25) is 12.0 Å². The predicted molar refractivity (Wildman–Crippen MR) is 75.5 cm³/mol. The average molecular weight is 321 g/mol. The van der Waals surface area contributed by atoms with E-state index in [4.69, 9.17) is 9.25 Å². The lowest BCUT2D eigenvalue weighted by Gasteiger charge is -2.08. The molecule has 23 heavy (non-hydrogen) atoms. The summed E-state index contributed by atoms with van der Waals surface area (Å²) in [5.41, 5.74) is -0.209. The minimum atomic E-state index is -0.944. The summed E-state index contributed by atoms with van der Waals surface area (Å²) in [4.78, 5) is 20.9. The Balaban J connectivity index is 1.61. The van der Waals surface area contributed by atoms with E-state index >= 15 is 0 Å². The first-order chi connectivity index (χ1) is 11.0. The molecule has 0 radical (unpaired) electrons. The summed E-state index contributed by atoms with van der Waals surface area (Å²) in [6, 6.07) is 3.51. The van der Waals surface area contributed by atoms with Gasteiger partial charge in [-0.3, -0.25) is 4.79 Å². The smallest absolute Gasteiger partial charge is 0.264 e. The minimum Gasteiger partial charge on any atom is -0.444 e. The van der Waals surface area contributed by atoms with Crippen molar-refractivity contribution in [2.45, 2.75) is 26.0 Å². The first-order valence-electron chi connectivity index (χ1n) is 6.90. The Morgan fingerprint density at radius 2 is 2.13 bits per heavy atom. The number of aromatic nitrogens is 1. The molecule has 0 fully saturated rings. The van der Waals surface area contributed by atoms with Crippen LogP contribution in [0.5, 0.6) is 0 Å². The number of hydrogen-bond acceptors (Lipinski definition) is 5. The highest BCUT2D eigenvalue weighted by Gasteiger charge is 2.31. The van der Waals surface area contributed by atoms with E-state index in [9.17, 15) is 13.6 Å². The Morgan fingerprint density at radius 3 is 2.78 bits per heavy atom. The van der Waals surface area contributed by atoms with Gasteiger partial charge in [0.1, 0.15) is 17.4 Å². The van der Waals surface area contributed by atoms with Crippen LogP contribution < -0.4 is 5.32 Å². The van der Waals surface area contributed by atoms with Gasteiger partial charge in [0.05, 0.1) is 24.0 Å². The van der Waals surface area contributed by atoms with Gasteiger partial charge in [0.15, 0.2) is 0 Å². The molecule has 0 saturated heterocycles. The third-order valence-electron chi connectivity index (χ3n) is 3.30. The first-order valence-corrected chi connectivity index (χ1v) is 6.90. The van der Waals surface area contributed by atoms with E-state index in [2.05, 4.69) is 15.5 Å². The van der Waals surface area contributed by atoms with E-state index in [1.807, 2.05) is 0 Å². The van der Waals surface area contributed by atoms with Crippen molar-refractivity contribution in [3.63, 3.8) is 0 Å². The molecule has 1 aliphatic rings. The van der Waals surface area contributed by atoms with Gasteiger partial charge in [0.25, 0.3) is 5.91 Å². The lowest BCUT2D eigenvalue weighted by molar-refractivity contribution is -0.131. The van der Waals surface area contributed by atoms with E-state index in [1.54, 1.807) is 6.92 Å². The molecule has 1 atom stereocenters. The zero-order valence-electron chi connectivity index (χ0n) is 12.2. The third kappa shape index (κ3) is 3.20. The van der Waals surface area contributed by atoms with Crippen molar-refractivity contribution in [3.8, 4) is 0 Å². The van der Waals surface area contributed by atoms with Crippen LogP contribution in [0.25, 0.3) is 0 Å². The largest absolute Gasteiger partial charge is 0.444 e. The fourth-order valence-corrected chi connectivity index (χ4v) is 2.20. The van der Waals surface area contributed by atoms with Crippen LogP contribution in [-0.2, 0) is 16.2 Å². The third-order valence-corrected chi connectivity index (χ3v) is 3.30. The average Bonchev–Trinajstić information content (AvgIpc) is 3.14. The summed E-state index contributed by atoms with van der Waals surface area (Å²) in [6.45, 7) is 1.83. The fraction of sp³-hybridized carbons (Fsp3) is 0.267. The maximum atomic E-state index is 13.7. The number of hydrogen-bond donors (Lipinski definition) is 1. The molecule has 1 aromatic carbocycles. The molecular weight excluding hydrogens is 308 g/mol. The van der Waals surface area contributed by atoms with Crippen molar-refractivity contribution < 1.29 is 22.8 Å². The quantitative estimate of drug-likeness (QED) is 0.935. The molecule has 2 heterocycles. The Bertz CT molecular complexity index is 753. The summed E-state index contributed by atoms with van der Waals surface area (Å²) in [5.74, 6) is -0.967. The molecule has 0 aliphatic carbocycles. The van der Waals surface area contributed by atoms with Crippen molar-refractivity contribution in [2.75, 3.05) is 0 Å². The Hall–Kier alpha value is -2.77. The number of benzene rings is 1. The van der Waals surface area contributed by atoms with Gasteiger partial charge in [-0.15, -0.1) is 0 Å². The Morgan fingerprint density at radius 1 is 1.39 bits per heavy atom. The van der Waals surface area contributed by atoms with Gasteiger partial charge in [-0.25, -0.2) is 13.8 Å². The van der Waals surface area contributed by atoms with Crippen LogP contribution in [-0.4, -0.2) is 22.7 Å². The molecule has 1 N–H and O–H groups in total. The lowest BCUT2D eigenvalue weighted by Crippen LogP contribution is -2.34. The second kappa shape index (κ2) is 6.15. The number of oxazole rings is 1. The molecule has 0 spiro atoms. The molecule has 3 rings (SSSR count). The number of amides is 1. The van der Waals surface area contributed by atoms with Crippen molar-refractivity contribution in [1.82, 2.24) is 10.3 Å². The van der Waals surface area contributed by atoms with Crippen LogP contribution in [0.4, 0.5) is 8.78 Å². The summed E-state index contributed by atoms with van der Waals surface area (Å²) >= 11 is 0. The molecule has 0 saturated carbocycles. The van der Waals surface area contributed by atoms with Gasteiger partial charge in [-0.1, -0.05) is 11.2 Å². The normalized spacial score (nSPS) is 16.8. The highest BCUT2D eigenvalue weighted by atomic mass is 19.1. The highest BCUT2D eigenvalue weighted by molar-refractivity contribution is 6.04. The number of aryl methyl sites for hydroxylation is 1. The molecule has 6 nitrogen and oxygen atoms in total. The number of oxime groups is 1. The fourth-order valence-electron chi connectivity index (χ4n) is 2.20. The van der Waals surface area contributed by atoms with Crippen LogP contribution in [0, 0.1) is 18.6 Å². The first kappa shape index (κ1) is 15.1. The number of nitrogens with one attached hydrogen (secondary N) is 1. The van der Waals surface area contributed by atoms with Gasteiger partial charge in [-0.05, 0) is 19.1 Å². The Labute approximate surface area is 130 Å². The topological polar surface area (TPSA) is 76.7 Å². The summed E-state index contributed by atoms with van der Waals surface area (Å²) < 4.78 is 32.6. The van der Waals surface area contributed by atoms with E-state index < -0.39 is 23.6 Å². The lowest BCUT2D eigenvalue weighted by atomic mass is 10.0. The number of rotatable bonds is 4. The molecule has 2 aromatic rings. The molecule has 1 aliphatic heterocycles. The number of carbonyl (C=O) groups excluding carboxylic acids is 1. The van der Waals surface area contributed by atoms with E-state index in [0.717, 1.165) is 12.1 Å². The van der Waals surface area contributed by atoms with Gasteiger partial charge in [-0.2, -0.15) is 0 Å². The second-order valence-electron chi connectivity index (χ2n) is 5.02. The zero-order chi connectivity index (χ0) is 16.4. The molecule has 120 valence electrons. The van der Waals surface area contributed by atoms with Crippen LogP contribution in [0.3, 0.4) is 0 Å². The highest BCUT2D eigenvalue weighted by Crippen LogP contribution is 2.21. The van der Waals surface area contributed by atoms with E-state index in [-0.39, 0.29) is 24.2 Å². The molecule has 0 bridgehead atoms. The molecule has 0 unspecified atom stereocenters. The number of nitrogens with zero attached hydrogens (tertiary/aromatic N) is 2. The maximum absolute atomic E-state index is 13.7. The summed E-state index contributed by atoms with van der Waals surface area (Å²) in [5, 5.41) is 6.20. The predicted octanol–water partition coefficient (Wildman–Crippen LogP) is 2.07. The van der Waals surface area contributed by atoms with Gasteiger partial charge >= 0.3 is 0 Å². The molecule has 8 heteroatoms.